The van der Waals surface area contributed by atoms with Gasteiger partial charge in [-0.25, -0.2) is 0 Å². The Morgan fingerprint density at radius 1 is 1.67 bits per heavy atom. The predicted molar refractivity (Wildman–Crippen MR) is 47.0 cm³/mol. The first-order valence-electron chi connectivity index (χ1n) is 3.94. The number of nitrogens with one attached hydrogen (secondary N) is 1. The Bertz CT molecular complexity index is 284. The minimum atomic E-state index is -0.0302. The molecule has 0 aliphatic carbocycles. The maximum absolute atomic E-state index is 11.3. The van der Waals surface area contributed by atoms with Gasteiger partial charge in [0.25, 0.3) is 5.91 Å². The molecule has 0 spiro atoms. The molecule has 64 valence electrons. The molecule has 1 heterocycles. The summed E-state index contributed by atoms with van der Waals surface area (Å²) in [4.78, 5) is 15.2. The minimum Gasteiger partial charge on any atom is -0.352 e. The van der Waals surface area contributed by atoms with E-state index in [4.69, 9.17) is 0 Å². The van der Waals surface area contributed by atoms with Crippen molar-refractivity contribution in [3.05, 3.63) is 29.6 Å². The highest BCUT2D eigenvalue weighted by molar-refractivity contribution is 5.95. The van der Waals surface area contributed by atoms with Crippen LogP contribution in [0.3, 0.4) is 0 Å². The first-order valence-corrected chi connectivity index (χ1v) is 3.94. The first-order chi connectivity index (χ1) is 5.75. The number of hydrogen-bond acceptors (Lipinski definition) is 2. The molecule has 0 unspecified atom stereocenters. The molecule has 0 bridgehead atoms. The van der Waals surface area contributed by atoms with Gasteiger partial charge in [-0.1, -0.05) is 0 Å². The van der Waals surface area contributed by atoms with E-state index < -0.39 is 0 Å². The van der Waals surface area contributed by atoms with E-state index in [2.05, 4.69) is 10.3 Å². The van der Waals surface area contributed by atoms with Gasteiger partial charge in [-0.2, -0.15) is 0 Å². The summed E-state index contributed by atoms with van der Waals surface area (Å²) in [6, 6.07) is 1.72. The highest BCUT2D eigenvalue weighted by Gasteiger charge is 2.05. The van der Waals surface area contributed by atoms with E-state index in [1.807, 2.05) is 13.8 Å². The average Bonchev–Trinajstić information content (AvgIpc) is 2.05. The Labute approximate surface area is 71.8 Å². The monoisotopic (exact) mass is 164 g/mol. The van der Waals surface area contributed by atoms with Gasteiger partial charge in [-0.05, 0) is 25.5 Å². The number of aromatic nitrogens is 1. The van der Waals surface area contributed by atoms with E-state index >= 15 is 0 Å². The van der Waals surface area contributed by atoms with Crippen LogP contribution in [0.1, 0.15) is 22.8 Å². The number of amides is 1. The van der Waals surface area contributed by atoms with E-state index in [0.717, 1.165) is 5.56 Å². The van der Waals surface area contributed by atoms with E-state index in [-0.39, 0.29) is 5.91 Å². The molecule has 1 aromatic heterocycles. The summed E-state index contributed by atoms with van der Waals surface area (Å²) in [5, 5.41) is 2.74. The van der Waals surface area contributed by atoms with E-state index in [1.54, 1.807) is 18.5 Å². The van der Waals surface area contributed by atoms with Gasteiger partial charge in [0.15, 0.2) is 0 Å². The van der Waals surface area contributed by atoms with Crippen LogP contribution in [-0.2, 0) is 0 Å². The molecule has 3 nitrogen and oxygen atoms in total. The van der Waals surface area contributed by atoms with E-state index in [9.17, 15) is 4.79 Å². The quantitative estimate of drug-likeness (QED) is 0.712. The SMILES string of the molecule is CCNC(=O)c1ccncc1C. The van der Waals surface area contributed by atoms with Crippen molar-refractivity contribution in [3.63, 3.8) is 0 Å². The lowest BCUT2D eigenvalue weighted by Crippen LogP contribution is -2.23. The van der Waals surface area contributed by atoms with Gasteiger partial charge in [-0.3, -0.25) is 9.78 Å². The molecule has 0 saturated heterocycles. The van der Waals surface area contributed by atoms with Gasteiger partial charge in [0.1, 0.15) is 0 Å². The van der Waals surface area contributed by atoms with Crippen molar-refractivity contribution >= 4 is 5.91 Å². The molecule has 0 aliphatic heterocycles. The van der Waals surface area contributed by atoms with Crippen molar-refractivity contribution in [1.82, 2.24) is 10.3 Å². The Balaban J connectivity index is 2.87. The molecule has 0 saturated carbocycles. The third-order valence-corrected chi connectivity index (χ3v) is 1.60. The van der Waals surface area contributed by atoms with Crippen LogP contribution in [-0.4, -0.2) is 17.4 Å². The molecule has 0 radical (unpaired) electrons. The van der Waals surface area contributed by atoms with Crippen LogP contribution in [0.2, 0.25) is 0 Å². The second-order valence-electron chi connectivity index (χ2n) is 2.55. The Kier molecular flexibility index (Phi) is 2.80. The second-order valence-corrected chi connectivity index (χ2v) is 2.55. The van der Waals surface area contributed by atoms with Gasteiger partial charge in [0.2, 0.25) is 0 Å². The van der Waals surface area contributed by atoms with Crippen LogP contribution >= 0.6 is 0 Å². The van der Waals surface area contributed by atoms with Crippen LogP contribution in [0, 0.1) is 6.92 Å². The van der Waals surface area contributed by atoms with Gasteiger partial charge in [-0.15, -0.1) is 0 Å². The van der Waals surface area contributed by atoms with Crippen LogP contribution in [0.4, 0.5) is 0 Å². The number of rotatable bonds is 2. The lowest BCUT2D eigenvalue weighted by atomic mass is 10.1. The lowest BCUT2D eigenvalue weighted by molar-refractivity contribution is 0.0955. The van der Waals surface area contributed by atoms with Gasteiger partial charge in [0.05, 0.1) is 0 Å². The lowest BCUT2D eigenvalue weighted by Gasteiger charge is -2.03. The van der Waals surface area contributed by atoms with Crippen molar-refractivity contribution in [2.24, 2.45) is 0 Å². The third kappa shape index (κ3) is 1.81. The standard InChI is InChI=1S/C9H12N2O/c1-3-11-9(12)8-4-5-10-6-7(8)2/h4-6H,3H2,1-2H3,(H,11,12). The van der Waals surface area contributed by atoms with Crippen molar-refractivity contribution < 1.29 is 4.79 Å². The number of hydrogen-bond donors (Lipinski definition) is 1. The minimum absolute atomic E-state index is 0.0302. The molecule has 1 rings (SSSR count). The van der Waals surface area contributed by atoms with Crippen LogP contribution in [0.25, 0.3) is 0 Å². The topological polar surface area (TPSA) is 42.0 Å². The molecule has 3 heteroatoms. The molecule has 12 heavy (non-hydrogen) atoms. The average molecular weight is 164 g/mol. The molecule has 0 aliphatic rings. The van der Waals surface area contributed by atoms with Crippen molar-refractivity contribution in [2.75, 3.05) is 6.54 Å². The number of carbonyl (C=O) groups excluding carboxylic acids is 1. The summed E-state index contributed by atoms with van der Waals surface area (Å²) in [6.07, 6.45) is 3.31. The Morgan fingerprint density at radius 2 is 2.42 bits per heavy atom. The van der Waals surface area contributed by atoms with Crippen LogP contribution in [0.15, 0.2) is 18.5 Å². The third-order valence-electron chi connectivity index (χ3n) is 1.60. The molecular weight excluding hydrogens is 152 g/mol. The molecular formula is C9H12N2O. The largest absolute Gasteiger partial charge is 0.352 e. The smallest absolute Gasteiger partial charge is 0.251 e. The Hall–Kier alpha value is -1.38. The maximum atomic E-state index is 11.3. The van der Waals surface area contributed by atoms with Gasteiger partial charge >= 0.3 is 0 Å². The van der Waals surface area contributed by atoms with Crippen LogP contribution in [0.5, 0.6) is 0 Å². The zero-order valence-corrected chi connectivity index (χ0v) is 7.29. The summed E-state index contributed by atoms with van der Waals surface area (Å²) in [5.41, 5.74) is 1.61. The van der Waals surface area contributed by atoms with E-state index in [1.165, 1.54) is 0 Å². The number of pyridine rings is 1. The Morgan fingerprint density at radius 3 is 3.00 bits per heavy atom. The molecule has 1 N–H and O–H groups in total. The molecule has 0 atom stereocenters. The molecule has 0 fully saturated rings. The fraction of sp³-hybridized carbons (Fsp3) is 0.333. The predicted octanol–water partition coefficient (Wildman–Crippen LogP) is 1.14. The summed E-state index contributed by atoms with van der Waals surface area (Å²) >= 11 is 0. The zero-order chi connectivity index (χ0) is 8.97. The molecule has 1 aromatic rings. The number of aryl methyl sites for hydroxylation is 1. The fourth-order valence-corrected chi connectivity index (χ4v) is 0.984. The summed E-state index contributed by atoms with van der Waals surface area (Å²) in [7, 11) is 0. The zero-order valence-electron chi connectivity index (χ0n) is 7.29. The summed E-state index contributed by atoms with van der Waals surface area (Å²) in [5.74, 6) is -0.0302. The molecule has 1 amide bonds. The normalized spacial score (nSPS) is 9.50. The summed E-state index contributed by atoms with van der Waals surface area (Å²) in [6.45, 7) is 4.42. The first kappa shape index (κ1) is 8.71. The van der Waals surface area contributed by atoms with Crippen molar-refractivity contribution in [3.8, 4) is 0 Å². The highest BCUT2D eigenvalue weighted by Crippen LogP contribution is 2.03. The van der Waals surface area contributed by atoms with Crippen molar-refractivity contribution in [2.45, 2.75) is 13.8 Å². The van der Waals surface area contributed by atoms with Gasteiger partial charge < -0.3 is 5.32 Å². The highest BCUT2D eigenvalue weighted by atomic mass is 16.1. The van der Waals surface area contributed by atoms with E-state index in [0.29, 0.717) is 12.1 Å². The summed E-state index contributed by atoms with van der Waals surface area (Å²) < 4.78 is 0. The van der Waals surface area contributed by atoms with Crippen molar-refractivity contribution in [1.29, 1.82) is 0 Å². The fourth-order valence-electron chi connectivity index (χ4n) is 0.984. The number of nitrogens with zero attached hydrogens (tertiary/aromatic N) is 1. The molecule has 0 aromatic carbocycles. The van der Waals surface area contributed by atoms with Crippen LogP contribution < -0.4 is 5.32 Å². The second kappa shape index (κ2) is 3.85. The number of carbonyl (C=O) groups is 1. The van der Waals surface area contributed by atoms with Gasteiger partial charge in [0, 0.05) is 24.5 Å². The maximum Gasteiger partial charge on any atom is 0.251 e.